The minimum Gasteiger partial charge on any atom is -0.372 e. The lowest BCUT2D eigenvalue weighted by Crippen LogP contribution is -2.48. The second-order valence-corrected chi connectivity index (χ2v) is 4.51. The third kappa shape index (κ3) is 4.20. The number of ether oxygens (including phenoxy) is 1. The monoisotopic (exact) mass is 213 g/mol. The minimum atomic E-state index is 0.184. The number of hydrogen-bond acceptors (Lipinski definition) is 2. The molecule has 1 aliphatic heterocycles. The van der Waals surface area contributed by atoms with Crippen LogP contribution >= 0.6 is 0 Å². The van der Waals surface area contributed by atoms with Gasteiger partial charge in [0.05, 0.1) is 12.2 Å². The summed E-state index contributed by atoms with van der Waals surface area (Å²) in [4.78, 5) is 13.8. The number of nitrogens with zero attached hydrogens (tertiary/aromatic N) is 1. The molecule has 3 heteroatoms. The summed E-state index contributed by atoms with van der Waals surface area (Å²) in [7, 11) is 0. The molecule has 1 fully saturated rings. The molecule has 1 heterocycles. The van der Waals surface area contributed by atoms with Crippen LogP contribution in [-0.4, -0.2) is 36.1 Å². The molecule has 0 unspecified atom stereocenters. The van der Waals surface area contributed by atoms with Gasteiger partial charge in [-0.25, -0.2) is 0 Å². The highest BCUT2D eigenvalue weighted by Crippen LogP contribution is 2.13. The average molecular weight is 213 g/mol. The number of amides is 1. The van der Waals surface area contributed by atoms with Gasteiger partial charge in [-0.15, -0.1) is 0 Å². The Kier molecular flexibility index (Phi) is 5.09. The Balaban J connectivity index is 2.31. The summed E-state index contributed by atoms with van der Waals surface area (Å²) in [6, 6.07) is 0. The highest BCUT2D eigenvalue weighted by Gasteiger charge is 2.25. The van der Waals surface area contributed by atoms with Crippen LogP contribution in [0.25, 0.3) is 0 Å². The first-order valence-electron chi connectivity index (χ1n) is 6.06. The quantitative estimate of drug-likeness (QED) is 0.670. The molecule has 0 spiro atoms. The number of rotatable bonds is 4. The number of unbranched alkanes of at least 4 members (excludes halogenated alkanes) is 2. The van der Waals surface area contributed by atoms with E-state index in [2.05, 4.69) is 6.92 Å². The predicted molar refractivity (Wildman–Crippen MR) is 60.7 cm³/mol. The third-order valence-corrected chi connectivity index (χ3v) is 2.77. The zero-order chi connectivity index (χ0) is 11.3. The fourth-order valence-electron chi connectivity index (χ4n) is 2.07. The van der Waals surface area contributed by atoms with Crippen molar-refractivity contribution in [2.24, 2.45) is 0 Å². The van der Waals surface area contributed by atoms with Crippen molar-refractivity contribution < 1.29 is 9.53 Å². The number of morpholine rings is 1. The molecule has 2 atom stereocenters. The van der Waals surface area contributed by atoms with Crippen LogP contribution in [0.5, 0.6) is 0 Å². The van der Waals surface area contributed by atoms with Crippen molar-refractivity contribution in [3.05, 3.63) is 0 Å². The fraction of sp³-hybridized carbons (Fsp3) is 0.917. The molecule has 88 valence electrons. The van der Waals surface area contributed by atoms with Gasteiger partial charge < -0.3 is 9.64 Å². The van der Waals surface area contributed by atoms with E-state index in [1.807, 2.05) is 18.7 Å². The van der Waals surface area contributed by atoms with Gasteiger partial charge in [0, 0.05) is 19.5 Å². The minimum absolute atomic E-state index is 0.184. The molecule has 0 N–H and O–H groups in total. The highest BCUT2D eigenvalue weighted by molar-refractivity contribution is 5.76. The van der Waals surface area contributed by atoms with E-state index < -0.39 is 0 Å². The van der Waals surface area contributed by atoms with Crippen molar-refractivity contribution >= 4 is 5.91 Å². The molecule has 3 nitrogen and oxygen atoms in total. The Morgan fingerprint density at radius 3 is 2.40 bits per heavy atom. The lowest BCUT2D eigenvalue weighted by atomic mass is 10.1. The molecule has 0 aromatic carbocycles. The topological polar surface area (TPSA) is 29.5 Å². The maximum Gasteiger partial charge on any atom is 0.222 e. The van der Waals surface area contributed by atoms with Crippen LogP contribution < -0.4 is 0 Å². The molecule has 15 heavy (non-hydrogen) atoms. The van der Waals surface area contributed by atoms with E-state index in [1.165, 1.54) is 6.42 Å². The average Bonchev–Trinajstić information content (AvgIpc) is 2.16. The first-order chi connectivity index (χ1) is 7.13. The summed E-state index contributed by atoms with van der Waals surface area (Å²) in [5.41, 5.74) is 0. The van der Waals surface area contributed by atoms with Crippen LogP contribution in [0.4, 0.5) is 0 Å². The standard InChI is InChI=1S/C12H23NO2/c1-4-5-6-7-12(14)13-8-10(2)15-11(3)9-13/h10-11H,4-9H2,1-3H3/t10-,11-/m0/s1. The van der Waals surface area contributed by atoms with Gasteiger partial charge in [-0.2, -0.15) is 0 Å². The zero-order valence-electron chi connectivity index (χ0n) is 10.2. The largest absolute Gasteiger partial charge is 0.372 e. The van der Waals surface area contributed by atoms with Crippen LogP contribution in [0, 0.1) is 0 Å². The number of carbonyl (C=O) groups excluding carboxylic acids is 1. The van der Waals surface area contributed by atoms with E-state index in [1.54, 1.807) is 0 Å². The summed E-state index contributed by atoms with van der Waals surface area (Å²) in [5, 5.41) is 0. The zero-order valence-corrected chi connectivity index (χ0v) is 10.2. The van der Waals surface area contributed by atoms with Crippen LogP contribution in [0.2, 0.25) is 0 Å². The predicted octanol–water partition coefficient (Wildman–Crippen LogP) is 2.20. The lowest BCUT2D eigenvalue weighted by Gasteiger charge is -2.35. The maximum atomic E-state index is 11.8. The molecular formula is C12H23NO2. The molecule has 0 aromatic rings. The van der Waals surface area contributed by atoms with Crippen molar-refractivity contribution in [3.8, 4) is 0 Å². The molecule has 0 bridgehead atoms. The Morgan fingerprint density at radius 2 is 1.87 bits per heavy atom. The van der Waals surface area contributed by atoms with E-state index in [4.69, 9.17) is 4.74 Å². The highest BCUT2D eigenvalue weighted by atomic mass is 16.5. The Bertz CT molecular complexity index is 196. The van der Waals surface area contributed by atoms with Gasteiger partial charge in [0.2, 0.25) is 5.91 Å². The van der Waals surface area contributed by atoms with Crippen molar-refractivity contribution in [2.45, 2.75) is 58.7 Å². The van der Waals surface area contributed by atoms with Crippen molar-refractivity contribution in [1.29, 1.82) is 0 Å². The second-order valence-electron chi connectivity index (χ2n) is 4.51. The van der Waals surface area contributed by atoms with E-state index in [0.717, 1.165) is 25.9 Å². The van der Waals surface area contributed by atoms with Crippen molar-refractivity contribution in [1.82, 2.24) is 4.90 Å². The molecule has 1 rings (SSSR count). The Morgan fingerprint density at radius 1 is 1.27 bits per heavy atom. The second kappa shape index (κ2) is 6.11. The van der Waals surface area contributed by atoms with Crippen LogP contribution in [0.3, 0.4) is 0 Å². The SMILES string of the molecule is CCCCCC(=O)N1C[C@H](C)O[C@@H](C)C1. The van der Waals surface area contributed by atoms with Gasteiger partial charge in [-0.05, 0) is 20.3 Å². The molecule has 1 aliphatic rings. The van der Waals surface area contributed by atoms with Gasteiger partial charge in [-0.1, -0.05) is 19.8 Å². The van der Waals surface area contributed by atoms with Gasteiger partial charge in [0.1, 0.15) is 0 Å². The van der Waals surface area contributed by atoms with E-state index in [0.29, 0.717) is 12.3 Å². The van der Waals surface area contributed by atoms with Gasteiger partial charge in [0.15, 0.2) is 0 Å². The molecule has 0 aliphatic carbocycles. The Labute approximate surface area is 92.8 Å². The summed E-state index contributed by atoms with van der Waals surface area (Å²) in [6.45, 7) is 7.73. The first kappa shape index (κ1) is 12.5. The van der Waals surface area contributed by atoms with Gasteiger partial charge >= 0.3 is 0 Å². The van der Waals surface area contributed by atoms with Crippen molar-refractivity contribution in [2.75, 3.05) is 13.1 Å². The molecule has 0 saturated carbocycles. The number of hydrogen-bond donors (Lipinski definition) is 0. The van der Waals surface area contributed by atoms with Gasteiger partial charge in [0.25, 0.3) is 0 Å². The molecule has 1 amide bonds. The summed E-state index contributed by atoms with van der Waals surface area (Å²) in [5.74, 6) is 0.297. The van der Waals surface area contributed by atoms with Gasteiger partial charge in [-0.3, -0.25) is 4.79 Å². The fourth-order valence-corrected chi connectivity index (χ4v) is 2.07. The summed E-state index contributed by atoms with van der Waals surface area (Å²) < 4.78 is 5.60. The smallest absolute Gasteiger partial charge is 0.222 e. The van der Waals surface area contributed by atoms with E-state index in [-0.39, 0.29) is 12.2 Å². The van der Waals surface area contributed by atoms with Crippen LogP contribution in [-0.2, 0) is 9.53 Å². The number of carbonyl (C=O) groups is 1. The lowest BCUT2D eigenvalue weighted by molar-refractivity contribution is -0.143. The maximum absolute atomic E-state index is 11.8. The molecule has 1 saturated heterocycles. The summed E-state index contributed by atoms with van der Waals surface area (Å²) >= 11 is 0. The Hall–Kier alpha value is -0.570. The van der Waals surface area contributed by atoms with E-state index in [9.17, 15) is 4.79 Å². The molecule has 0 aromatic heterocycles. The van der Waals surface area contributed by atoms with Crippen LogP contribution in [0.15, 0.2) is 0 Å². The first-order valence-corrected chi connectivity index (χ1v) is 6.06. The van der Waals surface area contributed by atoms with E-state index >= 15 is 0 Å². The normalized spacial score (nSPS) is 26.7. The van der Waals surface area contributed by atoms with Crippen molar-refractivity contribution in [3.63, 3.8) is 0 Å². The third-order valence-electron chi connectivity index (χ3n) is 2.77. The van der Waals surface area contributed by atoms with Crippen LogP contribution in [0.1, 0.15) is 46.5 Å². The molecule has 0 radical (unpaired) electrons. The molecular weight excluding hydrogens is 190 g/mol. The summed E-state index contributed by atoms with van der Waals surface area (Å²) in [6.07, 6.45) is 4.42.